The van der Waals surface area contributed by atoms with Crippen LogP contribution < -0.4 is 5.56 Å². The summed E-state index contributed by atoms with van der Waals surface area (Å²) in [6, 6.07) is 9.89. The molecule has 4 heterocycles. The molecule has 0 saturated heterocycles. The molecule has 0 aliphatic heterocycles. The van der Waals surface area contributed by atoms with E-state index in [2.05, 4.69) is 9.97 Å². The summed E-state index contributed by atoms with van der Waals surface area (Å²) < 4.78 is 1.43. The fourth-order valence-corrected chi connectivity index (χ4v) is 5.12. The van der Waals surface area contributed by atoms with Crippen molar-refractivity contribution in [2.24, 2.45) is 0 Å². The number of hydrogen-bond acceptors (Lipinski definition) is 6. The molecule has 1 aliphatic carbocycles. The van der Waals surface area contributed by atoms with E-state index in [1.54, 1.807) is 17.5 Å². The minimum Gasteiger partial charge on any atom is -0.332 e. The molecule has 1 fully saturated rings. The van der Waals surface area contributed by atoms with Crippen molar-refractivity contribution < 1.29 is 4.79 Å². The van der Waals surface area contributed by atoms with Crippen molar-refractivity contribution in [2.45, 2.75) is 32.0 Å². The monoisotopic (exact) mass is 422 g/mol. The topological polar surface area (TPSA) is 68.1 Å². The van der Waals surface area contributed by atoms with Crippen LogP contribution in [0, 0.1) is 0 Å². The number of hydrogen-bond donors (Lipinski definition) is 0. The van der Waals surface area contributed by atoms with Crippen molar-refractivity contribution in [3.8, 4) is 10.4 Å². The number of thiophene rings is 2. The second-order valence-electron chi connectivity index (χ2n) is 7.06. The highest BCUT2D eigenvalue weighted by Crippen LogP contribution is 2.33. The van der Waals surface area contributed by atoms with Gasteiger partial charge in [0.15, 0.2) is 0 Å². The molecule has 29 heavy (non-hydrogen) atoms. The molecular formula is C21H18N4O2S2. The molecule has 5 rings (SSSR count). The Balaban J connectivity index is 1.45. The van der Waals surface area contributed by atoms with Gasteiger partial charge in [-0.2, -0.15) is 0 Å². The molecule has 6 nitrogen and oxygen atoms in total. The van der Waals surface area contributed by atoms with Crippen LogP contribution in [0.2, 0.25) is 0 Å². The standard InChI is InChI=1S/C21H18N4O2S2/c26-18(25(15-6-7-15)10-14-4-1-2-8-22-14)11-24-13-23-20-19(21(24)27)16(12-29-20)17-5-3-9-28-17/h1-5,8-9,12-13,15H,6-7,10-11H2. The van der Waals surface area contributed by atoms with Gasteiger partial charge >= 0.3 is 0 Å². The van der Waals surface area contributed by atoms with Crippen LogP contribution in [0.15, 0.2) is 58.4 Å². The van der Waals surface area contributed by atoms with Gasteiger partial charge in [-0.05, 0) is 36.4 Å². The Bertz CT molecular complexity index is 1210. The highest BCUT2D eigenvalue weighted by molar-refractivity contribution is 7.18. The number of rotatable bonds is 6. The lowest BCUT2D eigenvalue weighted by Gasteiger charge is -2.22. The van der Waals surface area contributed by atoms with Gasteiger partial charge in [0.1, 0.15) is 11.4 Å². The number of carbonyl (C=O) groups is 1. The summed E-state index contributed by atoms with van der Waals surface area (Å²) in [6.45, 7) is 0.457. The van der Waals surface area contributed by atoms with Gasteiger partial charge in [-0.3, -0.25) is 19.1 Å². The summed E-state index contributed by atoms with van der Waals surface area (Å²) in [7, 11) is 0. The molecule has 0 bridgehead atoms. The average molecular weight is 423 g/mol. The largest absolute Gasteiger partial charge is 0.332 e. The Morgan fingerprint density at radius 1 is 1.17 bits per heavy atom. The third-order valence-corrected chi connectivity index (χ3v) is 6.81. The summed E-state index contributed by atoms with van der Waals surface area (Å²) in [5.74, 6) is -0.0747. The van der Waals surface area contributed by atoms with Crippen LogP contribution in [0.3, 0.4) is 0 Å². The van der Waals surface area contributed by atoms with Crippen LogP contribution in [-0.2, 0) is 17.9 Å². The molecule has 8 heteroatoms. The van der Waals surface area contributed by atoms with Crippen molar-refractivity contribution in [1.82, 2.24) is 19.4 Å². The summed E-state index contributed by atoms with van der Waals surface area (Å²) in [4.78, 5) is 38.6. The van der Waals surface area contributed by atoms with Crippen LogP contribution in [-0.4, -0.2) is 31.4 Å². The fraction of sp³-hybridized carbons (Fsp3) is 0.238. The average Bonchev–Trinajstić information content (AvgIpc) is 3.24. The third kappa shape index (κ3) is 3.61. The van der Waals surface area contributed by atoms with Crippen molar-refractivity contribution in [3.05, 3.63) is 69.7 Å². The van der Waals surface area contributed by atoms with E-state index >= 15 is 0 Å². The maximum absolute atomic E-state index is 13.2. The van der Waals surface area contributed by atoms with Crippen molar-refractivity contribution >= 4 is 38.8 Å². The molecule has 4 aromatic rings. The van der Waals surface area contributed by atoms with Crippen LogP contribution in [0.25, 0.3) is 20.7 Å². The lowest BCUT2D eigenvalue weighted by molar-refractivity contribution is -0.133. The Morgan fingerprint density at radius 2 is 2.07 bits per heavy atom. The first-order chi connectivity index (χ1) is 14.2. The number of nitrogens with zero attached hydrogens (tertiary/aromatic N) is 4. The zero-order valence-corrected chi connectivity index (χ0v) is 17.2. The van der Waals surface area contributed by atoms with E-state index in [0.29, 0.717) is 16.8 Å². The smallest absolute Gasteiger partial charge is 0.263 e. The van der Waals surface area contributed by atoms with Gasteiger partial charge in [0.05, 0.1) is 24.0 Å². The van der Waals surface area contributed by atoms with Gasteiger partial charge in [-0.25, -0.2) is 4.98 Å². The normalized spacial score (nSPS) is 13.7. The molecule has 0 radical (unpaired) electrons. The number of aromatic nitrogens is 3. The molecule has 0 atom stereocenters. The van der Waals surface area contributed by atoms with E-state index in [4.69, 9.17) is 0 Å². The quantitative estimate of drug-likeness (QED) is 0.474. The van der Waals surface area contributed by atoms with E-state index < -0.39 is 0 Å². The minimum atomic E-state index is -0.165. The Hall–Kier alpha value is -2.84. The molecule has 0 unspecified atom stereocenters. The number of carbonyl (C=O) groups excluding carboxylic acids is 1. The summed E-state index contributed by atoms with van der Waals surface area (Å²) in [5.41, 5.74) is 1.58. The zero-order valence-electron chi connectivity index (χ0n) is 15.5. The van der Waals surface area contributed by atoms with Gasteiger partial charge in [0.25, 0.3) is 5.56 Å². The Labute approximate surface area is 175 Å². The van der Waals surface area contributed by atoms with E-state index in [1.807, 2.05) is 46.0 Å². The van der Waals surface area contributed by atoms with Crippen LogP contribution in [0.4, 0.5) is 0 Å². The zero-order chi connectivity index (χ0) is 19.8. The first kappa shape index (κ1) is 18.2. The number of amides is 1. The van der Waals surface area contributed by atoms with E-state index in [-0.39, 0.29) is 24.1 Å². The number of fused-ring (bicyclic) bond motifs is 1. The molecule has 0 spiro atoms. The lowest BCUT2D eigenvalue weighted by Crippen LogP contribution is -2.37. The second-order valence-corrected chi connectivity index (χ2v) is 8.86. The molecule has 146 valence electrons. The SMILES string of the molecule is O=C(Cn1cnc2scc(-c3cccs3)c2c1=O)N(Cc1ccccn1)C1CC1. The first-order valence-electron chi connectivity index (χ1n) is 9.40. The molecule has 0 N–H and O–H groups in total. The molecule has 0 aromatic carbocycles. The van der Waals surface area contributed by atoms with Gasteiger partial charge < -0.3 is 4.90 Å². The summed E-state index contributed by atoms with van der Waals surface area (Å²) in [6.07, 6.45) is 5.22. The van der Waals surface area contributed by atoms with Crippen LogP contribution in [0.5, 0.6) is 0 Å². The molecule has 1 aliphatic rings. The summed E-state index contributed by atoms with van der Waals surface area (Å²) in [5, 5.41) is 4.55. The fourth-order valence-electron chi connectivity index (χ4n) is 3.40. The number of pyridine rings is 1. The van der Waals surface area contributed by atoms with Crippen LogP contribution >= 0.6 is 22.7 Å². The maximum Gasteiger partial charge on any atom is 0.263 e. The Kier molecular flexibility index (Phi) is 4.73. The van der Waals surface area contributed by atoms with Gasteiger partial charge in [-0.1, -0.05) is 12.1 Å². The predicted molar refractivity (Wildman–Crippen MR) is 115 cm³/mol. The minimum absolute atomic E-state index is 0.00909. The van der Waals surface area contributed by atoms with Crippen molar-refractivity contribution in [3.63, 3.8) is 0 Å². The maximum atomic E-state index is 13.2. The third-order valence-electron chi connectivity index (χ3n) is 5.02. The van der Waals surface area contributed by atoms with Gasteiger partial charge in [0, 0.05) is 28.1 Å². The van der Waals surface area contributed by atoms with Gasteiger partial charge in [0.2, 0.25) is 5.91 Å². The van der Waals surface area contributed by atoms with Gasteiger partial charge in [-0.15, -0.1) is 22.7 Å². The molecule has 1 amide bonds. The first-order valence-corrected chi connectivity index (χ1v) is 11.2. The van der Waals surface area contributed by atoms with Crippen molar-refractivity contribution in [1.29, 1.82) is 0 Å². The van der Waals surface area contributed by atoms with E-state index in [1.165, 1.54) is 22.2 Å². The van der Waals surface area contributed by atoms with Crippen LogP contribution in [0.1, 0.15) is 18.5 Å². The highest BCUT2D eigenvalue weighted by atomic mass is 32.1. The van der Waals surface area contributed by atoms with Crippen molar-refractivity contribution in [2.75, 3.05) is 0 Å². The lowest BCUT2D eigenvalue weighted by atomic mass is 10.2. The molecule has 4 aromatic heterocycles. The summed E-state index contributed by atoms with van der Waals surface area (Å²) >= 11 is 3.05. The molecular weight excluding hydrogens is 404 g/mol. The van der Waals surface area contributed by atoms with E-state index in [0.717, 1.165) is 29.0 Å². The predicted octanol–water partition coefficient (Wildman–Crippen LogP) is 3.77. The van der Waals surface area contributed by atoms with E-state index in [9.17, 15) is 9.59 Å². The highest BCUT2D eigenvalue weighted by Gasteiger charge is 2.33. The Morgan fingerprint density at radius 3 is 2.79 bits per heavy atom. The molecule has 1 saturated carbocycles. The second kappa shape index (κ2) is 7.53.